The summed E-state index contributed by atoms with van der Waals surface area (Å²) in [5.41, 5.74) is 3.88. The molecule has 186 valence electrons. The van der Waals surface area contributed by atoms with Gasteiger partial charge in [0.05, 0.1) is 21.8 Å². The number of anilines is 1. The minimum atomic E-state index is -0.868. The van der Waals surface area contributed by atoms with Gasteiger partial charge in [-0.15, -0.1) is 0 Å². The summed E-state index contributed by atoms with van der Waals surface area (Å²) in [5.74, 6) is -0.759. The van der Waals surface area contributed by atoms with Crippen molar-refractivity contribution in [3.63, 3.8) is 0 Å². The summed E-state index contributed by atoms with van der Waals surface area (Å²) in [6, 6.07) is 15.5. The van der Waals surface area contributed by atoms with Crippen LogP contribution >= 0.6 is 27.3 Å². The summed E-state index contributed by atoms with van der Waals surface area (Å²) in [6.45, 7) is 4.80. The van der Waals surface area contributed by atoms with Crippen LogP contribution in [0.15, 0.2) is 64.6 Å². The van der Waals surface area contributed by atoms with Crippen molar-refractivity contribution in [2.24, 2.45) is 0 Å². The molecule has 0 spiro atoms. The number of carbonyl (C=O) groups excluding carboxylic acids is 2. The first kappa shape index (κ1) is 23.7. The maximum atomic E-state index is 13.5. The standard InChI is InChI=1S/C28H21BrN2O5S/c1-14-10-15(2)23-21(11-14)37-28(30-23)31-24(16-4-3-5-18(29)12-16)22(26(33)27(31)34)25(32)17-6-7-19-20(13-17)36-9-8-35-19/h3-7,10-13,24,32H,8-9H2,1-2H3/b25-22+/t24-/m0/s1. The summed E-state index contributed by atoms with van der Waals surface area (Å²) in [4.78, 5) is 33.2. The largest absolute Gasteiger partial charge is 0.507 e. The highest BCUT2D eigenvalue weighted by molar-refractivity contribution is 9.10. The van der Waals surface area contributed by atoms with Crippen molar-refractivity contribution in [2.45, 2.75) is 19.9 Å². The zero-order chi connectivity index (χ0) is 25.8. The Balaban J connectivity index is 1.55. The third-order valence-corrected chi connectivity index (χ3v) is 7.94. The number of hydrogen-bond donors (Lipinski definition) is 1. The van der Waals surface area contributed by atoms with Gasteiger partial charge in [-0.1, -0.05) is 45.5 Å². The summed E-state index contributed by atoms with van der Waals surface area (Å²) in [5, 5.41) is 11.9. The Hall–Kier alpha value is -3.69. The third-order valence-electron chi connectivity index (χ3n) is 6.45. The minimum Gasteiger partial charge on any atom is -0.507 e. The molecule has 2 aliphatic heterocycles. The number of amides is 1. The van der Waals surface area contributed by atoms with Crippen LogP contribution in [0.1, 0.15) is 28.3 Å². The molecule has 1 saturated heterocycles. The Morgan fingerprint density at radius 3 is 2.62 bits per heavy atom. The van der Waals surface area contributed by atoms with E-state index in [0.29, 0.717) is 41.0 Å². The lowest BCUT2D eigenvalue weighted by atomic mass is 9.95. The lowest BCUT2D eigenvalue weighted by Gasteiger charge is -2.23. The molecule has 0 saturated carbocycles. The lowest BCUT2D eigenvalue weighted by Crippen LogP contribution is -2.29. The number of halogens is 1. The van der Waals surface area contributed by atoms with E-state index in [9.17, 15) is 14.7 Å². The molecule has 4 aromatic rings. The van der Waals surface area contributed by atoms with Gasteiger partial charge in [0, 0.05) is 10.0 Å². The minimum absolute atomic E-state index is 0.00747. The predicted octanol–water partition coefficient (Wildman–Crippen LogP) is 6.07. The number of benzene rings is 3. The van der Waals surface area contributed by atoms with Crippen molar-refractivity contribution in [3.05, 3.63) is 86.9 Å². The molecule has 3 heterocycles. The monoisotopic (exact) mass is 576 g/mol. The molecule has 1 atom stereocenters. The number of ether oxygens (including phenoxy) is 2. The zero-order valence-corrected chi connectivity index (χ0v) is 22.4. The van der Waals surface area contributed by atoms with Crippen LogP contribution in [0.5, 0.6) is 11.5 Å². The van der Waals surface area contributed by atoms with Crippen molar-refractivity contribution in [2.75, 3.05) is 18.1 Å². The number of nitrogens with zero attached hydrogens (tertiary/aromatic N) is 2. The molecule has 0 aliphatic carbocycles. The van der Waals surface area contributed by atoms with Crippen LogP contribution in [0.25, 0.3) is 16.0 Å². The summed E-state index contributed by atoms with van der Waals surface area (Å²) >= 11 is 4.84. The Labute approximate surface area is 225 Å². The van der Waals surface area contributed by atoms with Crippen molar-refractivity contribution < 1.29 is 24.2 Å². The van der Waals surface area contributed by atoms with E-state index >= 15 is 0 Å². The van der Waals surface area contributed by atoms with Crippen LogP contribution in [-0.2, 0) is 9.59 Å². The first-order valence-corrected chi connectivity index (χ1v) is 13.3. The van der Waals surface area contributed by atoms with Gasteiger partial charge in [-0.05, 0) is 66.9 Å². The van der Waals surface area contributed by atoms with Crippen LogP contribution in [0, 0.1) is 13.8 Å². The molecular formula is C28H21BrN2O5S. The van der Waals surface area contributed by atoms with Crippen molar-refractivity contribution >= 4 is 60.1 Å². The molecule has 0 radical (unpaired) electrons. The quantitative estimate of drug-likeness (QED) is 0.181. The van der Waals surface area contributed by atoms with E-state index in [-0.39, 0.29) is 11.3 Å². The average Bonchev–Trinajstić information content (AvgIpc) is 3.42. The number of aliphatic hydroxyl groups excluding tert-OH is 1. The number of thiazole rings is 1. The molecule has 2 aliphatic rings. The highest BCUT2D eigenvalue weighted by atomic mass is 79.9. The molecular weight excluding hydrogens is 556 g/mol. The molecule has 9 heteroatoms. The van der Waals surface area contributed by atoms with Gasteiger partial charge < -0.3 is 14.6 Å². The number of aliphatic hydroxyl groups is 1. The molecule has 0 unspecified atom stereocenters. The first-order valence-electron chi connectivity index (χ1n) is 11.7. The number of ketones is 1. The topological polar surface area (TPSA) is 89.0 Å². The molecule has 7 nitrogen and oxygen atoms in total. The number of aryl methyl sites for hydroxylation is 2. The van der Waals surface area contributed by atoms with E-state index < -0.39 is 17.7 Å². The SMILES string of the molecule is Cc1cc(C)c2nc(N3C(=O)C(=O)/C(=C(/O)c4ccc5c(c4)OCCO5)[C@@H]3c3cccc(Br)c3)sc2c1. The number of rotatable bonds is 3. The second-order valence-corrected chi connectivity index (χ2v) is 10.9. The third kappa shape index (κ3) is 3.98. The fourth-order valence-electron chi connectivity index (χ4n) is 4.83. The van der Waals surface area contributed by atoms with Gasteiger partial charge in [0.1, 0.15) is 19.0 Å². The highest BCUT2D eigenvalue weighted by Crippen LogP contribution is 2.45. The van der Waals surface area contributed by atoms with E-state index in [1.807, 2.05) is 50.2 Å². The maximum Gasteiger partial charge on any atom is 0.301 e. The van der Waals surface area contributed by atoms with Crippen LogP contribution < -0.4 is 14.4 Å². The summed E-state index contributed by atoms with van der Waals surface area (Å²) in [7, 11) is 0. The van der Waals surface area contributed by atoms with Gasteiger partial charge in [0.2, 0.25) is 0 Å². The predicted molar refractivity (Wildman–Crippen MR) is 145 cm³/mol. The van der Waals surface area contributed by atoms with Gasteiger partial charge in [-0.25, -0.2) is 4.98 Å². The number of aromatic nitrogens is 1. The highest BCUT2D eigenvalue weighted by Gasteiger charge is 2.48. The van der Waals surface area contributed by atoms with Gasteiger partial charge in [-0.2, -0.15) is 0 Å². The fraction of sp³-hybridized carbons (Fsp3) is 0.179. The molecule has 1 aromatic heterocycles. The maximum absolute atomic E-state index is 13.5. The number of hydrogen-bond acceptors (Lipinski definition) is 7. The Bertz CT molecular complexity index is 1640. The number of carbonyl (C=O) groups is 2. The Morgan fingerprint density at radius 1 is 1.05 bits per heavy atom. The Morgan fingerprint density at radius 2 is 1.84 bits per heavy atom. The smallest absolute Gasteiger partial charge is 0.301 e. The summed E-state index contributed by atoms with van der Waals surface area (Å²) in [6.07, 6.45) is 0. The first-order chi connectivity index (χ1) is 17.8. The van der Waals surface area contributed by atoms with Gasteiger partial charge >= 0.3 is 5.91 Å². The molecule has 0 bridgehead atoms. The number of Topliss-reactive ketones (excluding diaryl/α,β-unsaturated/α-hetero) is 1. The summed E-state index contributed by atoms with van der Waals surface area (Å²) < 4.78 is 13.0. The fourth-order valence-corrected chi connectivity index (χ4v) is 6.42. The molecule has 6 rings (SSSR count). The number of fused-ring (bicyclic) bond motifs is 2. The molecule has 37 heavy (non-hydrogen) atoms. The van der Waals surface area contributed by atoms with Crippen molar-refractivity contribution in [3.8, 4) is 11.5 Å². The molecule has 1 fully saturated rings. The van der Waals surface area contributed by atoms with Gasteiger partial charge in [0.25, 0.3) is 5.78 Å². The van der Waals surface area contributed by atoms with E-state index in [1.54, 1.807) is 18.2 Å². The van der Waals surface area contributed by atoms with E-state index in [0.717, 1.165) is 25.8 Å². The Kier molecular flexibility index (Phi) is 5.77. The van der Waals surface area contributed by atoms with Gasteiger partial charge in [-0.3, -0.25) is 14.5 Å². The van der Waals surface area contributed by atoms with E-state index in [4.69, 9.17) is 14.5 Å². The molecule has 1 N–H and O–H groups in total. The second-order valence-electron chi connectivity index (χ2n) is 9.01. The van der Waals surface area contributed by atoms with Crippen molar-refractivity contribution in [1.29, 1.82) is 0 Å². The van der Waals surface area contributed by atoms with E-state index in [2.05, 4.69) is 15.9 Å². The normalized spacial score (nSPS) is 18.6. The average molecular weight is 577 g/mol. The van der Waals surface area contributed by atoms with E-state index in [1.165, 1.54) is 16.2 Å². The zero-order valence-electron chi connectivity index (χ0n) is 19.9. The molecule has 1 amide bonds. The van der Waals surface area contributed by atoms with Crippen LogP contribution in [0.2, 0.25) is 0 Å². The second kappa shape index (κ2) is 9.00. The van der Waals surface area contributed by atoms with Crippen LogP contribution in [-0.4, -0.2) is 35.0 Å². The molecule has 3 aromatic carbocycles. The van der Waals surface area contributed by atoms with Crippen LogP contribution in [0.4, 0.5) is 5.13 Å². The van der Waals surface area contributed by atoms with Crippen molar-refractivity contribution in [1.82, 2.24) is 4.98 Å². The lowest BCUT2D eigenvalue weighted by molar-refractivity contribution is -0.132. The van der Waals surface area contributed by atoms with Gasteiger partial charge in [0.15, 0.2) is 16.6 Å². The van der Waals surface area contributed by atoms with Crippen LogP contribution in [0.3, 0.4) is 0 Å².